The number of nitrogens with zero attached hydrogens (tertiary/aromatic N) is 4. The molecule has 5 nitrogen and oxygen atoms in total. The fourth-order valence-electron chi connectivity index (χ4n) is 1.87. The van der Waals surface area contributed by atoms with Crippen molar-refractivity contribution < 1.29 is 0 Å². The molecule has 21 heavy (non-hydrogen) atoms. The number of halogens is 1. The van der Waals surface area contributed by atoms with E-state index in [1.165, 1.54) is 0 Å². The second kappa shape index (κ2) is 8.84. The highest BCUT2D eigenvalue weighted by Gasteiger charge is 2.08. The Labute approximate surface area is 130 Å². The molecule has 0 fully saturated rings. The van der Waals surface area contributed by atoms with E-state index in [9.17, 15) is 0 Å². The van der Waals surface area contributed by atoms with Gasteiger partial charge in [-0.3, -0.25) is 5.01 Å². The molecular weight excluding hydrogens is 286 g/mol. The molecule has 0 aliphatic rings. The van der Waals surface area contributed by atoms with Crippen LogP contribution < -0.4 is 5.32 Å². The van der Waals surface area contributed by atoms with Gasteiger partial charge in [-0.15, -0.1) is 0 Å². The van der Waals surface area contributed by atoms with Crippen LogP contribution >= 0.6 is 11.6 Å². The number of hydrazone groups is 1. The molecule has 0 amide bonds. The number of nitrogens with one attached hydrogen (secondary N) is 1. The Morgan fingerprint density at radius 1 is 1.29 bits per heavy atom. The number of anilines is 1. The maximum atomic E-state index is 8.69. The molecule has 0 atom stereocenters. The van der Waals surface area contributed by atoms with Gasteiger partial charge in [-0.05, 0) is 25.1 Å². The van der Waals surface area contributed by atoms with E-state index in [0.717, 1.165) is 17.0 Å². The van der Waals surface area contributed by atoms with Gasteiger partial charge >= 0.3 is 0 Å². The van der Waals surface area contributed by atoms with Crippen LogP contribution in [-0.4, -0.2) is 30.9 Å². The molecule has 0 spiro atoms. The smallest absolute Gasteiger partial charge is 0.0667 e. The van der Waals surface area contributed by atoms with Gasteiger partial charge in [-0.25, -0.2) is 0 Å². The third-order valence-electron chi connectivity index (χ3n) is 2.90. The number of hydrogen-bond acceptors (Lipinski definition) is 5. The predicted octanol–water partition coefficient (Wildman–Crippen LogP) is 3.24. The molecule has 0 heterocycles. The lowest BCUT2D eigenvalue weighted by Gasteiger charge is -2.18. The maximum Gasteiger partial charge on any atom is 0.0667 e. The molecule has 0 aliphatic carbocycles. The van der Waals surface area contributed by atoms with Crippen LogP contribution in [0.15, 0.2) is 23.3 Å². The maximum absolute atomic E-state index is 8.69. The zero-order valence-electron chi connectivity index (χ0n) is 12.2. The van der Waals surface area contributed by atoms with Crippen molar-refractivity contribution >= 4 is 23.0 Å². The molecule has 1 aromatic carbocycles. The highest BCUT2D eigenvalue weighted by Crippen LogP contribution is 2.21. The van der Waals surface area contributed by atoms with Crippen molar-refractivity contribution in [3.8, 4) is 12.1 Å². The van der Waals surface area contributed by atoms with Gasteiger partial charge in [0.15, 0.2) is 0 Å². The Morgan fingerprint density at radius 3 is 2.43 bits per heavy atom. The zero-order valence-corrected chi connectivity index (χ0v) is 13.0. The summed E-state index contributed by atoms with van der Waals surface area (Å²) in [5, 5.41) is 27.4. The summed E-state index contributed by atoms with van der Waals surface area (Å²) in [6, 6.07) is 9.74. The Balaban J connectivity index is 3.01. The van der Waals surface area contributed by atoms with Gasteiger partial charge in [0, 0.05) is 36.4 Å². The van der Waals surface area contributed by atoms with Crippen LogP contribution in [-0.2, 0) is 0 Å². The van der Waals surface area contributed by atoms with Gasteiger partial charge in [0.1, 0.15) is 0 Å². The first-order valence-electron chi connectivity index (χ1n) is 6.64. The number of nitriles is 2. The molecule has 0 bridgehead atoms. The molecule has 1 N–H and O–H groups in total. The molecule has 0 saturated heterocycles. The first-order chi connectivity index (χ1) is 10.1. The summed E-state index contributed by atoms with van der Waals surface area (Å²) >= 11 is 6.04. The van der Waals surface area contributed by atoms with Crippen LogP contribution in [0.4, 0.5) is 5.69 Å². The normalized spacial score (nSPS) is 10.6. The second-order valence-electron chi connectivity index (χ2n) is 4.40. The first kappa shape index (κ1) is 16.8. The van der Waals surface area contributed by atoms with Crippen molar-refractivity contribution in [3.05, 3.63) is 28.8 Å². The number of rotatable bonds is 7. The van der Waals surface area contributed by atoms with Crippen LogP contribution in [0.3, 0.4) is 0 Å². The molecule has 6 heteroatoms. The van der Waals surface area contributed by atoms with E-state index in [4.69, 9.17) is 22.1 Å². The molecule has 1 rings (SSSR count). The Morgan fingerprint density at radius 2 is 1.90 bits per heavy atom. The summed E-state index contributed by atoms with van der Waals surface area (Å²) < 4.78 is 0. The van der Waals surface area contributed by atoms with Crippen LogP contribution in [0.25, 0.3) is 0 Å². The lowest BCUT2D eigenvalue weighted by atomic mass is 10.1. The predicted molar refractivity (Wildman–Crippen MR) is 85.2 cm³/mol. The average Bonchev–Trinajstić information content (AvgIpc) is 2.49. The first-order valence-corrected chi connectivity index (χ1v) is 7.02. The minimum atomic E-state index is 0.372. The van der Waals surface area contributed by atoms with E-state index in [1.54, 1.807) is 5.01 Å². The van der Waals surface area contributed by atoms with Crippen molar-refractivity contribution in [1.29, 1.82) is 10.5 Å². The minimum Gasteiger partial charge on any atom is -0.388 e. The third-order valence-corrected chi connectivity index (χ3v) is 3.13. The fourth-order valence-corrected chi connectivity index (χ4v) is 2.04. The Bertz CT molecular complexity index is 565. The zero-order chi connectivity index (χ0) is 15.7. The average molecular weight is 304 g/mol. The fraction of sp³-hybridized carbons (Fsp3) is 0.400. The van der Waals surface area contributed by atoms with Crippen molar-refractivity contribution in [2.24, 2.45) is 5.10 Å². The highest BCUT2D eigenvalue weighted by atomic mass is 35.5. The van der Waals surface area contributed by atoms with Crippen molar-refractivity contribution in [1.82, 2.24) is 5.01 Å². The SMILES string of the molecule is CNc1ccc(Cl)cc1/C(C)=N/N(CCC#N)CCC#N. The highest BCUT2D eigenvalue weighted by molar-refractivity contribution is 6.31. The standard InChI is InChI=1S/C15H18ClN5/c1-12(14-11-13(16)5-6-15(14)19-2)20-21(9-3-7-17)10-4-8-18/h5-6,11,19H,3-4,9-10H2,1-2H3/b20-12+. The van der Waals surface area contributed by atoms with Crippen molar-refractivity contribution in [2.75, 3.05) is 25.5 Å². The third kappa shape index (κ3) is 5.33. The van der Waals surface area contributed by atoms with Crippen molar-refractivity contribution in [2.45, 2.75) is 19.8 Å². The summed E-state index contributed by atoms with van der Waals surface area (Å²) in [5.74, 6) is 0. The summed E-state index contributed by atoms with van der Waals surface area (Å²) in [4.78, 5) is 0. The monoisotopic (exact) mass is 303 g/mol. The summed E-state index contributed by atoms with van der Waals surface area (Å²) in [5.41, 5.74) is 2.63. The van der Waals surface area contributed by atoms with Crippen LogP contribution in [0.2, 0.25) is 5.02 Å². The van der Waals surface area contributed by atoms with Crippen molar-refractivity contribution in [3.63, 3.8) is 0 Å². The largest absolute Gasteiger partial charge is 0.388 e. The molecule has 0 aromatic heterocycles. The van der Waals surface area contributed by atoms with Gasteiger partial charge in [-0.1, -0.05) is 11.6 Å². The van der Waals surface area contributed by atoms with E-state index < -0.39 is 0 Å². The van der Waals surface area contributed by atoms with Gasteiger partial charge in [0.2, 0.25) is 0 Å². The Kier molecular flexibility index (Phi) is 7.08. The van der Waals surface area contributed by atoms with Crippen LogP contribution in [0.5, 0.6) is 0 Å². The van der Waals surface area contributed by atoms with Crippen LogP contribution in [0.1, 0.15) is 25.3 Å². The second-order valence-corrected chi connectivity index (χ2v) is 4.83. The summed E-state index contributed by atoms with van der Waals surface area (Å²) in [7, 11) is 1.84. The molecule has 0 radical (unpaired) electrons. The van der Waals surface area contributed by atoms with E-state index >= 15 is 0 Å². The summed E-state index contributed by atoms with van der Waals surface area (Å²) in [6.45, 7) is 2.90. The number of hydrogen-bond donors (Lipinski definition) is 1. The van der Waals surface area contributed by atoms with Gasteiger partial charge in [0.25, 0.3) is 0 Å². The lowest BCUT2D eigenvalue weighted by molar-refractivity contribution is 0.302. The van der Waals surface area contributed by atoms with Crippen LogP contribution in [0, 0.1) is 22.7 Å². The molecular formula is C15H18ClN5. The molecule has 1 aromatic rings. The molecule has 0 unspecified atom stereocenters. The van der Waals surface area contributed by atoms with E-state index in [2.05, 4.69) is 22.6 Å². The minimum absolute atomic E-state index is 0.372. The van der Waals surface area contributed by atoms with E-state index in [-0.39, 0.29) is 0 Å². The van der Waals surface area contributed by atoms with Gasteiger partial charge < -0.3 is 5.32 Å². The quantitative estimate of drug-likeness (QED) is 0.620. The molecule has 0 saturated carbocycles. The lowest BCUT2D eigenvalue weighted by Crippen LogP contribution is -2.22. The summed E-state index contributed by atoms with van der Waals surface area (Å²) in [6.07, 6.45) is 0.743. The number of benzene rings is 1. The van der Waals surface area contributed by atoms with E-state index in [1.807, 2.05) is 32.2 Å². The molecule has 110 valence electrons. The molecule has 0 aliphatic heterocycles. The topological polar surface area (TPSA) is 75.2 Å². The van der Waals surface area contributed by atoms with Gasteiger partial charge in [0.05, 0.1) is 30.7 Å². The van der Waals surface area contributed by atoms with Gasteiger partial charge in [-0.2, -0.15) is 15.6 Å². The van der Waals surface area contributed by atoms with E-state index in [0.29, 0.717) is 31.0 Å². The Hall–Kier alpha value is -2.24.